The summed E-state index contributed by atoms with van der Waals surface area (Å²) in [6.45, 7) is 6.52. The number of esters is 1. The predicted octanol–water partition coefficient (Wildman–Crippen LogP) is 15.4. The second kappa shape index (κ2) is 45.8. The van der Waals surface area contributed by atoms with E-state index in [-0.39, 0.29) is 45.2 Å². The molecule has 3 amide bonds. The van der Waals surface area contributed by atoms with E-state index in [1.165, 1.54) is 96.3 Å². The molecule has 1 aliphatic heterocycles. The van der Waals surface area contributed by atoms with Crippen molar-refractivity contribution in [1.82, 2.24) is 16.0 Å². The average Bonchev–Trinajstić information content (AvgIpc) is 2.10. The first kappa shape index (κ1) is 72.0. The first-order valence-electron chi connectivity index (χ1n) is 32.7. The van der Waals surface area contributed by atoms with Gasteiger partial charge in [0.25, 0.3) is 0 Å². The summed E-state index contributed by atoms with van der Waals surface area (Å²) in [6.07, 6.45) is 25.2. The van der Waals surface area contributed by atoms with Gasteiger partial charge in [0.05, 0.1) is 32.8 Å². The van der Waals surface area contributed by atoms with Crippen LogP contribution in [0.5, 0.6) is 0 Å². The third-order valence-corrected chi connectivity index (χ3v) is 16.9. The number of nitrogens with one attached hydrogen (secondary N) is 3. The lowest BCUT2D eigenvalue weighted by Crippen LogP contribution is -2.66. The number of hydrogen-bond acceptors (Lipinski definition) is 12. The van der Waals surface area contributed by atoms with Gasteiger partial charge in [-0.15, -0.1) is 0 Å². The van der Waals surface area contributed by atoms with Gasteiger partial charge >= 0.3 is 13.8 Å². The maximum Gasteiger partial charge on any atom is 0.475 e. The average molecular weight is 1190 g/mol. The van der Waals surface area contributed by atoms with Crippen LogP contribution in [0.15, 0.2) is 91.0 Å². The number of carbonyl (C=O) groups is 4. The minimum atomic E-state index is -4.68. The van der Waals surface area contributed by atoms with E-state index in [0.29, 0.717) is 30.5 Å². The van der Waals surface area contributed by atoms with Crippen molar-refractivity contribution in [3.8, 4) is 0 Å². The van der Waals surface area contributed by atoms with E-state index in [4.69, 9.17) is 27.8 Å². The molecule has 0 aromatic heterocycles. The molecule has 16 heteroatoms. The highest BCUT2D eigenvalue weighted by Gasteiger charge is 2.52. The lowest BCUT2D eigenvalue weighted by atomic mass is 9.96. The van der Waals surface area contributed by atoms with E-state index in [1.54, 1.807) is 24.3 Å². The van der Waals surface area contributed by atoms with Gasteiger partial charge < -0.3 is 35.3 Å². The molecule has 6 atom stereocenters. The van der Waals surface area contributed by atoms with Crippen LogP contribution in [0, 0.1) is 0 Å². The molecule has 1 heterocycles. The molecule has 0 aliphatic carbocycles. The summed E-state index contributed by atoms with van der Waals surface area (Å²) in [5.74, 6) is -2.24. The topological polar surface area (TPSA) is 197 Å². The van der Waals surface area contributed by atoms with Crippen molar-refractivity contribution in [2.24, 2.45) is 0 Å². The number of aliphatic hydroxyl groups excluding tert-OH is 1. The molecule has 0 spiro atoms. The molecule has 4 N–H and O–H groups in total. The largest absolute Gasteiger partial charge is 0.475 e. The zero-order valence-electron chi connectivity index (χ0n) is 51.7. The minimum absolute atomic E-state index is 0.0197. The summed E-state index contributed by atoms with van der Waals surface area (Å²) in [7, 11) is -4.68. The monoisotopic (exact) mass is 1190 g/mol. The molecule has 3 aromatic carbocycles. The van der Waals surface area contributed by atoms with Crippen molar-refractivity contribution < 1.29 is 56.6 Å². The predicted molar refractivity (Wildman–Crippen MR) is 333 cm³/mol. The van der Waals surface area contributed by atoms with Gasteiger partial charge in [-0.3, -0.25) is 32.7 Å². The summed E-state index contributed by atoms with van der Waals surface area (Å²) in [5.41, 5.74) is 2.20. The molecule has 0 saturated carbocycles. The van der Waals surface area contributed by atoms with E-state index in [2.05, 4.69) is 36.7 Å². The summed E-state index contributed by atoms with van der Waals surface area (Å²) in [6, 6.07) is 24.8. The van der Waals surface area contributed by atoms with Gasteiger partial charge in [-0.05, 0) is 36.0 Å². The van der Waals surface area contributed by atoms with Crippen LogP contribution in [0.25, 0.3) is 0 Å². The molecular weight excluding hydrogens is 1080 g/mol. The van der Waals surface area contributed by atoms with Gasteiger partial charge in [-0.25, -0.2) is 4.57 Å². The fraction of sp³-hybridized carbons (Fsp3) is 0.676. The fourth-order valence-corrected chi connectivity index (χ4v) is 11.8. The Labute approximate surface area is 505 Å². The first-order valence-corrected chi connectivity index (χ1v) is 34.2. The number of unbranched alkanes of at least 4 members (excludes halogenated alkanes) is 26. The van der Waals surface area contributed by atoms with E-state index in [9.17, 15) is 24.3 Å². The standard InChI is InChI=1S/C68H108N3O12P/c1-4-7-10-13-16-18-20-22-24-27-39-48-61(72)70-59(67(75)69-50-41-29-26-15-12-9-6-3)51-62(73)71-64-66(82-63(74)49-40-28-25-23-21-19-17-14-11-8-5-2)65(60(81-68(64)76)55-78-52-56-42-33-30-34-43-56)83-84(77,79-53-57-44-35-31-36-45-57)80-54-58-46-37-32-38-47-58/h30-38,42-47,59-60,64-66,68,76H,4-29,39-41,48-55H2,1-3H3,(H,69,75)(H,70,72)(H,71,73)/t59-,60+,64+,65+,66+,68-/m0/s1. The van der Waals surface area contributed by atoms with Crippen molar-refractivity contribution in [1.29, 1.82) is 0 Å². The molecule has 1 saturated heterocycles. The molecule has 0 unspecified atom stereocenters. The summed E-state index contributed by atoms with van der Waals surface area (Å²) in [4.78, 5) is 56.3. The van der Waals surface area contributed by atoms with Crippen LogP contribution in [0.1, 0.15) is 243 Å². The Morgan fingerprint density at radius 2 is 0.940 bits per heavy atom. The Kier molecular flexibility index (Phi) is 39.3. The van der Waals surface area contributed by atoms with E-state index in [0.717, 1.165) is 82.6 Å². The normalized spacial score (nSPS) is 17.4. The molecule has 1 fully saturated rings. The second-order valence-corrected chi connectivity index (χ2v) is 24.6. The number of rotatable bonds is 50. The van der Waals surface area contributed by atoms with E-state index in [1.807, 2.05) is 66.7 Å². The molecule has 472 valence electrons. The Morgan fingerprint density at radius 3 is 1.40 bits per heavy atom. The number of phosphoric ester groups is 1. The van der Waals surface area contributed by atoms with Gasteiger partial charge in [0.1, 0.15) is 24.3 Å². The van der Waals surface area contributed by atoms with Crippen LogP contribution in [0.4, 0.5) is 0 Å². The minimum Gasteiger partial charge on any atom is -0.457 e. The molecule has 3 aromatic rings. The molecule has 4 rings (SSSR count). The van der Waals surface area contributed by atoms with Crippen molar-refractivity contribution in [3.63, 3.8) is 0 Å². The summed E-state index contributed by atoms with van der Waals surface area (Å²) >= 11 is 0. The number of amides is 3. The van der Waals surface area contributed by atoms with Crippen LogP contribution in [-0.4, -0.2) is 78.6 Å². The zero-order valence-corrected chi connectivity index (χ0v) is 52.6. The maximum atomic E-state index is 15.3. The van der Waals surface area contributed by atoms with Crippen molar-refractivity contribution in [3.05, 3.63) is 108 Å². The lowest BCUT2D eigenvalue weighted by Gasteiger charge is -2.44. The highest BCUT2D eigenvalue weighted by Crippen LogP contribution is 2.54. The smallest absolute Gasteiger partial charge is 0.457 e. The van der Waals surface area contributed by atoms with E-state index >= 15 is 4.57 Å². The quantitative estimate of drug-likeness (QED) is 0.0237. The van der Waals surface area contributed by atoms with Crippen LogP contribution in [0.2, 0.25) is 0 Å². The summed E-state index contributed by atoms with van der Waals surface area (Å²) < 4.78 is 52.7. The Hall–Kier alpha value is -4.47. The maximum absolute atomic E-state index is 15.3. The van der Waals surface area contributed by atoms with Crippen molar-refractivity contribution >= 4 is 31.5 Å². The van der Waals surface area contributed by atoms with Crippen LogP contribution in [0.3, 0.4) is 0 Å². The molecular formula is C68H108N3O12P. The summed E-state index contributed by atoms with van der Waals surface area (Å²) in [5, 5.41) is 20.6. The van der Waals surface area contributed by atoms with Crippen LogP contribution < -0.4 is 16.0 Å². The third kappa shape index (κ3) is 32.3. The number of ether oxygens (including phenoxy) is 3. The van der Waals surface area contributed by atoms with Crippen LogP contribution >= 0.6 is 7.82 Å². The number of carbonyl (C=O) groups excluding carboxylic acids is 4. The first-order chi connectivity index (χ1) is 41.0. The highest BCUT2D eigenvalue weighted by molar-refractivity contribution is 7.48. The van der Waals surface area contributed by atoms with Gasteiger partial charge in [-0.1, -0.05) is 279 Å². The van der Waals surface area contributed by atoms with Crippen molar-refractivity contribution in [2.45, 2.75) is 283 Å². The lowest BCUT2D eigenvalue weighted by molar-refractivity contribution is -0.259. The fourth-order valence-electron chi connectivity index (χ4n) is 10.5. The Morgan fingerprint density at radius 1 is 0.524 bits per heavy atom. The van der Waals surface area contributed by atoms with Crippen LogP contribution in [-0.2, 0) is 71.3 Å². The molecule has 0 bridgehead atoms. The molecule has 84 heavy (non-hydrogen) atoms. The zero-order chi connectivity index (χ0) is 60.1. The Bertz CT molecular complexity index is 2160. The number of benzene rings is 3. The van der Waals surface area contributed by atoms with Crippen molar-refractivity contribution in [2.75, 3.05) is 13.2 Å². The Balaban J connectivity index is 1.59. The van der Waals surface area contributed by atoms with Gasteiger partial charge in [0.2, 0.25) is 17.7 Å². The molecule has 15 nitrogen and oxygen atoms in total. The molecule has 0 radical (unpaired) electrons. The SMILES string of the molecule is CCCCCCCCCCCCCC(=O)N[C@@H](CC(=O)N[C@@H]1[C@@H](OC(=O)CCCCCCCCCCCCC)[C@H](OP(=O)(OCc2ccccc2)OCc2ccccc2)[C@@H](COCc2ccccc2)O[C@@H]1O)C(=O)NCCCCCCCCC. The van der Waals surface area contributed by atoms with Gasteiger partial charge in [0, 0.05) is 19.4 Å². The third-order valence-electron chi connectivity index (χ3n) is 15.5. The molecule has 1 aliphatic rings. The number of phosphoric acid groups is 1. The second-order valence-electron chi connectivity index (χ2n) is 23.0. The number of aliphatic hydroxyl groups is 1. The van der Waals surface area contributed by atoms with E-state index < -0.39 is 68.7 Å². The van der Waals surface area contributed by atoms with Gasteiger partial charge in [-0.2, -0.15) is 0 Å². The van der Waals surface area contributed by atoms with Gasteiger partial charge in [0.15, 0.2) is 12.4 Å². The highest BCUT2D eigenvalue weighted by atomic mass is 31.2. The number of hydrogen-bond donors (Lipinski definition) is 4.